The molecule has 1 fully saturated rings. The second-order valence-electron chi connectivity index (χ2n) is 5.77. The molecule has 0 bridgehead atoms. The molecular formula is C18H19ClN2O3. The number of rotatable bonds is 5. The van der Waals surface area contributed by atoms with Gasteiger partial charge in [-0.2, -0.15) is 0 Å². The minimum absolute atomic E-state index is 0.0311. The molecule has 1 aromatic heterocycles. The smallest absolute Gasteiger partial charge is 0.227 e. The van der Waals surface area contributed by atoms with Gasteiger partial charge in [0.25, 0.3) is 0 Å². The molecule has 2 aromatic rings. The van der Waals surface area contributed by atoms with Crippen LogP contribution in [0.3, 0.4) is 0 Å². The predicted octanol–water partition coefficient (Wildman–Crippen LogP) is 3.93. The average molecular weight is 347 g/mol. The first kappa shape index (κ1) is 16.6. The van der Waals surface area contributed by atoms with Crippen molar-refractivity contribution in [3.8, 4) is 11.5 Å². The number of benzene rings is 1. The molecule has 6 heteroatoms. The Kier molecular flexibility index (Phi) is 5.20. The molecular weight excluding hydrogens is 328 g/mol. The Bertz CT molecular complexity index is 709. The highest BCUT2D eigenvalue weighted by molar-refractivity contribution is 6.31. The van der Waals surface area contributed by atoms with Gasteiger partial charge >= 0.3 is 0 Å². The van der Waals surface area contributed by atoms with Crippen LogP contribution in [0.25, 0.3) is 0 Å². The van der Waals surface area contributed by atoms with E-state index in [0.717, 1.165) is 18.6 Å². The van der Waals surface area contributed by atoms with Crippen molar-refractivity contribution in [1.29, 1.82) is 0 Å². The van der Waals surface area contributed by atoms with E-state index >= 15 is 0 Å². The van der Waals surface area contributed by atoms with Crippen molar-refractivity contribution in [2.24, 2.45) is 5.92 Å². The lowest BCUT2D eigenvalue weighted by molar-refractivity contribution is -0.119. The summed E-state index contributed by atoms with van der Waals surface area (Å²) >= 11 is 6.00. The van der Waals surface area contributed by atoms with Crippen LogP contribution in [0.5, 0.6) is 11.5 Å². The molecule has 0 radical (unpaired) electrons. The zero-order valence-electron chi connectivity index (χ0n) is 13.4. The molecule has 1 aliphatic rings. The van der Waals surface area contributed by atoms with E-state index in [1.807, 2.05) is 12.1 Å². The summed E-state index contributed by atoms with van der Waals surface area (Å²) in [5.41, 5.74) is 0.591. The van der Waals surface area contributed by atoms with Gasteiger partial charge in [-0.3, -0.25) is 9.78 Å². The Hall–Kier alpha value is -2.27. The van der Waals surface area contributed by atoms with Gasteiger partial charge in [-0.1, -0.05) is 11.6 Å². The highest BCUT2D eigenvalue weighted by Gasteiger charge is 2.31. The summed E-state index contributed by atoms with van der Waals surface area (Å²) in [5, 5.41) is 3.47. The second-order valence-corrected chi connectivity index (χ2v) is 6.20. The van der Waals surface area contributed by atoms with Gasteiger partial charge in [0.05, 0.1) is 18.9 Å². The van der Waals surface area contributed by atoms with Crippen LogP contribution in [0.1, 0.15) is 19.3 Å². The number of pyridine rings is 1. The van der Waals surface area contributed by atoms with E-state index in [1.54, 1.807) is 37.7 Å². The maximum Gasteiger partial charge on any atom is 0.227 e. The van der Waals surface area contributed by atoms with Crippen molar-refractivity contribution in [1.82, 2.24) is 4.98 Å². The Morgan fingerprint density at radius 1 is 1.25 bits per heavy atom. The second kappa shape index (κ2) is 7.53. The number of halogens is 1. The molecule has 1 aliphatic carbocycles. The number of hydrogen-bond donors (Lipinski definition) is 1. The quantitative estimate of drug-likeness (QED) is 0.891. The minimum Gasteiger partial charge on any atom is -0.495 e. The summed E-state index contributed by atoms with van der Waals surface area (Å²) in [5.74, 6) is 1.26. The number of methoxy groups -OCH3 is 1. The normalized spacial score (nSPS) is 19.8. The van der Waals surface area contributed by atoms with Crippen molar-refractivity contribution in [3.05, 3.63) is 47.7 Å². The first-order valence-corrected chi connectivity index (χ1v) is 8.24. The van der Waals surface area contributed by atoms with E-state index in [2.05, 4.69) is 10.3 Å². The van der Waals surface area contributed by atoms with Gasteiger partial charge in [-0.05, 0) is 49.6 Å². The zero-order valence-corrected chi connectivity index (χ0v) is 14.1. The molecule has 1 heterocycles. The lowest BCUT2D eigenvalue weighted by atomic mass is 10.1. The van der Waals surface area contributed by atoms with Crippen molar-refractivity contribution >= 4 is 23.2 Å². The van der Waals surface area contributed by atoms with Gasteiger partial charge < -0.3 is 14.8 Å². The molecule has 1 N–H and O–H groups in total. The number of aromatic nitrogens is 1. The monoisotopic (exact) mass is 346 g/mol. The molecule has 1 saturated carbocycles. The van der Waals surface area contributed by atoms with E-state index in [1.165, 1.54) is 0 Å². The third-order valence-corrected chi connectivity index (χ3v) is 4.36. The van der Waals surface area contributed by atoms with E-state index in [9.17, 15) is 4.79 Å². The number of anilines is 1. The van der Waals surface area contributed by atoms with Crippen LogP contribution in [0.2, 0.25) is 5.02 Å². The first-order chi connectivity index (χ1) is 11.7. The molecule has 0 saturated heterocycles. The molecule has 1 amide bonds. The lowest BCUT2D eigenvalue weighted by Gasteiger charge is -2.15. The Morgan fingerprint density at radius 3 is 2.79 bits per heavy atom. The number of hydrogen-bond acceptors (Lipinski definition) is 4. The highest BCUT2D eigenvalue weighted by atomic mass is 35.5. The van der Waals surface area contributed by atoms with Crippen LogP contribution < -0.4 is 14.8 Å². The van der Waals surface area contributed by atoms with Crippen molar-refractivity contribution in [3.63, 3.8) is 0 Å². The van der Waals surface area contributed by atoms with Gasteiger partial charge in [-0.15, -0.1) is 0 Å². The third kappa shape index (κ3) is 3.97. The molecule has 2 unspecified atom stereocenters. The SMILES string of the molecule is COc1ccc(Cl)cc1NC(=O)C1CCC(Oc2ccncc2)C1. The maximum atomic E-state index is 12.5. The fourth-order valence-corrected chi connectivity index (χ4v) is 3.08. The number of amides is 1. The molecule has 0 spiro atoms. The van der Waals surface area contributed by atoms with E-state index in [4.69, 9.17) is 21.1 Å². The third-order valence-electron chi connectivity index (χ3n) is 4.13. The number of nitrogens with one attached hydrogen (secondary N) is 1. The van der Waals surface area contributed by atoms with Crippen LogP contribution >= 0.6 is 11.6 Å². The fourth-order valence-electron chi connectivity index (χ4n) is 2.91. The van der Waals surface area contributed by atoms with Gasteiger partial charge in [0, 0.05) is 23.3 Å². The summed E-state index contributed by atoms with van der Waals surface area (Å²) in [7, 11) is 1.56. The lowest BCUT2D eigenvalue weighted by Crippen LogP contribution is -2.22. The van der Waals surface area contributed by atoms with E-state index < -0.39 is 0 Å². The van der Waals surface area contributed by atoms with E-state index in [0.29, 0.717) is 22.9 Å². The fraction of sp³-hybridized carbons (Fsp3) is 0.333. The van der Waals surface area contributed by atoms with Crippen LogP contribution in [0.15, 0.2) is 42.7 Å². The topological polar surface area (TPSA) is 60.5 Å². The molecule has 2 atom stereocenters. The molecule has 24 heavy (non-hydrogen) atoms. The van der Waals surface area contributed by atoms with Crippen LogP contribution in [0.4, 0.5) is 5.69 Å². The van der Waals surface area contributed by atoms with E-state index in [-0.39, 0.29) is 17.9 Å². The number of nitrogens with zero attached hydrogens (tertiary/aromatic N) is 1. The molecule has 1 aromatic carbocycles. The number of carbonyl (C=O) groups is 1. The molecule has 126 valence electrons. The number of carbonyl (C=O) groups excluding carboxylic acids is 1. The summed E-state index contributed by atoms with van der Waals surface area (Å²) in [6.45, 7) is 0. The Morgan fingerprint density at radius 2 is 2.04 bits per heavy atom. The van der Waals surface area contributed by atoms with Crippen molar-refractivity contribution in [2.75, 3.05) is 12.4 Å². The van der Waals surface area contributed by atoms with Gasteiger partial charge in [0.2, 0.25) is 5.91 Å². The summed E-state index contributed by atoms with van der Waals surface area (Å²) in [6.07, 6.45) is 5.78. The Balaban J connectivity index is 1.60. The summed E-state index contributed by atoms with van der Waals surface area (Å²) < 4.78 is 11.2. The average Bonchev–Trinajstić information content (AvgIpc) is 3.05. The van der Waals surface area contributed by atoms with Crippen molar-refractivity contribution < 1.29 is 14.3 Å². The first-order valence-electron chi connectivity index (χ1n) is 7.87. The number of ether oxygens (including phenoxy) is 2. The van der Waals surface area contributed by atoms with Gasteiger partial charge in [-0.25, -0.2) is 0 Å². The van der Waals surface area contributed by atoms with Crippen molar-refractivity contribution in [2.45, 2.75) is 25.4 Å². The maximum absolute atomic E-state index is 12.5. The molecule has 0 aliphatic heterocycles. The largest absolute Gasteiger partial charge is 0.495 e. The van der Waals surface area contributed by atoms with Gasteiger partial charge in [0.15, 0.2) is 0 Å². The highest BCUT2D eigenvalue weighted by Crippen LogP contribution is 2.32. The van der Waals surface area contributed by atoms with Crippen LogP contribution in [-0.2, 0) is 4.79 Å². The summed E-state index contributed by atoms with van der Waals surface area (Å²) in [4.78, 5) is 16.5. The summed E-state index contributed by atoms with van der Waals surface area (Å²) in [6, 6.07) is 8.80. The zero-order chi connectivity index (χ0) is 16.9. The van der Waals surface area contributed by atoms with Crippen LogP contribution in [-0.4, -0.2) is 24.1 Å². The molecule has 5 nitrogen and oxygen atoms in total. The standard InChI is InChI=1S/C18H19ClN2O3/c1-23-17-5-3-13(19)11-16(17)21-18(22)12-2-4-15(10-12)24-14-6-8-20-9-7-14/h3,5-9,11-12,15H,2,4,10H2,1H3,(H,21,22). The minimum atomic E-state index is -0.0828. The van der Waals surface area contributed by atoms with Gasteiger partial charge in [0.1, 0.15) is 11.5 Å². The van der Waals surface area contributed by atoms with Crippen LogP contribution in [0, 0.1) is 5.92 Å². The predicted molar refractivity (Wildman–Crippen MR) is 92.6 cm³/mol. The Labute approximate surface area is 145 Å². The molecule has 3 rings (SSSR count).